The van der Waals surface area contributed by atoms with Crippen molar-refractivity contribution < 1.29 is 32.1 Å². The van der Waals surface area contributed by atoms with Crippen LogP contribution in [0.15, 0.2) is 48.5 Å². The van der Waals surface area contributed by atoms with Crippen LogP contribution in [0.4, 0.5) is 10.1 Å². The number of benzene rings is 2. The van der Waals surface area contributed by atoms with Gasteiger partial charge in [0.05, 0.1) is 29.7 Å². The molecule has 2 fully saturated rings. The Morgan fingerprint density at radius 2 is 1.76 bits per heavy atom. The maximum Gasteiger partial charge on any atom is 0.474 e. The zero-order valence-corrected chi connectivity index (χ0v) is 27.0. The summed E-state index contributed by atoms with van der Waals surface area (Å²) in [6.07, 6.45) is 4.11. The Hall–Kier alpha value is -3.63. The van der Waals surface area contributed by atoms with E-state index in [1.165, 1.54) is 26.4 Å². The SMILES string of the molecule is COP(=O)(OC)OCCCOC1CCN(c2ccc(-n3nc(C(=O)N4CCC[C@@H](N)C4)cc3-c3ccc(C#N)c(F)c3)cc2)CC1. The minimum Gasteiger partial charge on any atom is -0.378 e. The van der Waals surface area contributed by atoms with Gasteiger partial charge in [-0.15, -0.1) is 0 Å². The first-order chi connectivity index (χ1) is 22.2. The highest BCUT2D eigenvalue weighted by molar-refractivity contribution is 7.48. The number of hydrogen-bond donors (Lipinski definition) is 1. The molecule has 0 radical (unpaired) electrons. The van der Waals surface area contributed by atoms with Gasteiger partial charge in [0.2, 0.25) is 0 Å². The number of amides is 1. The van der Waals surface area contributed by atoms with Crippen molar-refractivity contribution in [3.8, 4) is 23.0 Å². The fourth-order valence-electron chi connectivity index (χ4n) is 5.76. The Labute approximate surface area is 268 Å². The molecular weight excluding hydrogens is 614 g/mol. The van der Waals surface area contributed by atoms with E-state index in [4.69, 9.17) is 24.0 Å². The van der Waals surface area contributed by atoms with Crippen LogP contribution in [0.1, 0.15) is 48.2 Å². The summed E-state index contributed by atoms with van der Waals surface area (Å²) in [6.45, 7) is 3.40. The maximum atomic E-state index is 14.6. The third-order valence-electron chi connectivity index (χ3n) is 8.30. The van der Waals surface area contributed by atoms with Crippen LogP contribution in [0.25, 0.3) is 16.9 Å². The van der Waals surface area contributed by atoms with E-state index in [1.54, 1.807) is 21.7 Å². The molecule has 2 aromatic carbocycles. The number of nitrogens with zero attached hydrogens (tertiary/aromatic N) is 5. The lowest BCUT2D eigenvalue weighted by atomic mass is 10.1. The quantitative estimate of drug-likeness (QED) is 0.211. The number of phosphoric acid groups is 1. The molecule has 246 valence electrons. The van der Waals surface area contributed by atoms with Crippen LogP contribution in [0.5, 0.6) is 0 Å². The molecule has 46 heavy (non-hydrogen) atoms. The molecular formula is C32H40FN6O6P. The van der Waals surface area contributed by atoms with Crippen molar-refractivity contribution in [3.05, 3.63) is 65.6 Å². The van der Waals surface area contributed by atoms with E-state index < -0.39 is 13.6 Å². The minimum atomic E-state index is -3.47. The van der Waals surface area contributed by atoms with Gasteiger partial charge in [0, 0.05) is 64.3 Å². The zero-order valence-electron chi connectivity index (χ0n) is 26.1. The molecule has 0 unspecified atom stereocenters. The first kappa shape index (κ1) is 33.7. The Kier molecular flexibility index (Phi) is 11.2. The summed E-state index contributed by atoms with van der Waals surface area (Å²) in [5, 5.41) is 13.9. The number of ether oxygens (including phenoxy) is 1. The number of phosphoric ester groups is 1. The van der Waals surface area contributed by atoms with Crippen molar-refractivity contribution in [3.63, 3.8) is 0 Å². The lowest BCUT2D eigenvalue weighted by molar-refractivity contribution is 0.0282. The van der Waals surface area contributed by atoms with Crippen molar-refractivity contribution in [2.24, 2.45) is 5.73 Å². The second kappa shape index (κ2) is 15.3. The van der Waals surface area contributed by atoms with Crippen LogP contribution in [0.2, 0.25) is 0 Å². The third-order valence-corrected chi connectivity index (χ3v) is 9.69. The van der Waals surface area contributed by atoms with E-state index in [0.717, 1.165) is 44.5 Å². The molecule has 0 saturated carbocycles. The van der Waals surface area contributed by atoms with Gasteiger partial charge >= 0.3 is 7.82 Å². The van der Waals surface area contributed by atoms with Crippen LogP contribution < -0.4 is 10.6 Å². The molecule has 0 spiro atoms. The first-order valence-corrected chi connectivity index (χ1v) is 16.9. The van der Waals surface area contributed by atoms with E-state index in [2.05, 4.69) is 10.00 Å². The highest BCUT2D eigenvalue weighted by atomic mass is 31.2. The van der Waals surface area contributed by atoms with Gasteiger partial charge in [-0.3, -0.25) is 18.4 Å². The highest BCUT2D eigenvalue weighted by Gasteiger charge is 2.27. The van der Waals surface area contributed by atoms with Crippen LogP contribution in [0.3, 0.4) is 0 Å². The number of anilines is 1. The Balaban J connectivity index is 1.25. The molecule has 2 N–H and O–H groups in total. The summed E-state index contributed by atoms with van der Waals surface area (Å²) in [5.41, 5.74) is 9.11. The van der Waals surface area contributed by atoms with Crippen molar-refractivity contribution >= 4 is 19.4 Å². The summed E-state index contributed by atoms with van der Waals surface area (Å²) in [7, 11) is -0.908. The topological polar surface area (TPSA) is 145 Å². The predicted octanol–water partition coefficient (Wildman–Crippen LogP) is 4.91. The summed E-state index contributed by atoms with van der Waals surface area (Å²) in [4.78, 5) is 17.4. The zero-order chi connectivity index (χ0) is 32.7. The predicted molar refractivity (Wildman–Crippen MR) is 170 cm³/mol. The van der Waals surface area contributed by atoms with E-state index in [1.807, 2.05) is 30.3 Å². The lowest BCUT2D eigenvalue weighted by Crippen LogP contribution is -2.45. The highest BCUT2D eigenvalue weighted by Crippen LogP contribution is 2.47. The van der Waals surface area contributed by atoms with Gasteiger partial charge < -0.3 is 20.3 Å². The van der Waals surface area contributed by atoms with E-state index in [0.29, 0.717) is 43.1 Å². The number of nitriles is 1. The molecule has 0 aliphatic carbocycles. The number of likely N-dealkylation sites (tertiary alicyclic amines) is 1. The molecule has 1 aromatic heterocycles. The normalized spacial score (nSPS) is 17.7. The number of carbonyl (C=O) groups excluding carboxylic acids is 1. The molecule has 2 aliphatic rings. The molecule has 0 bridgehead atoms. The molecule has 1 amide bonds. The van der Waals surface area contributed by atoms with Gasteiger partial charge in [0.15, 0.2) is 5.69 Å². The number of piperidine rings is 2. The second-order valence-electron chi connectivity index (χ2n) is 11.4. The molecule has 3 aromatic rings. The van der Waals surface area contributed by atoms with E-state index >= 15 is 0 Å². The fraction of sp³-hybridized carbons (Fsp3) is 0.469. The van der Waals surface area contributed by atoms with Gasteiger partial charge in [0.25, 0.3) is 5.91 Å². The number of rotatable bonds is 12. The lowest BCUT2D eigenvalue weighted by Gasteiger charge is -2.33. The third kappa shape index (κ3) is 8.01. The van der Waals surface area contributed by atoms with Gasteiger partial charge in [-0.2, -0.15) is 10.4 Å². The second-order valence-corrected chi connectivity index (χ2v) is 13.2. The van der Waals surface area contributed by atoms with Crippen molar-refractivity contribution in [1.82, 2.24) is 14.7 Å². The fourth-order valence-corrected chi connectivity index (χ4v) is 6.47. The average molecular weight is 655 g/mol. The van der Waals surface area contributed by atoms with E-state index in [-0.39, 0.29) is 35.9 Å². The maximum absolute atomic E-state index is 14.6. The van der Waals surface area contributed by atoms with Gasteiger partial charge in [0.1, 0.15) is 11.9 Å². The van der Waals surface area contributed by atoms with Crippen LogP contribution in [-0.4, -0.2) is 86.3 Å². The van der Waals surface area contributed by atoms with Crippen molar-refractivity contribution in [1.29, 1.82) is 5.26 Å². The largest absolute Gasteiger partial charge is 0.474 e. The van der Waals surface area contributed by atoms with Crippen molar-refractivity contribution in [2.45, 2.75) is 44.2 Å². The Bertz CT molecular complexity index is 1580. The van der Waals surface area contributed by atoms with Gasteiger partial charge in [-0.05, 0) is 74.6 Å². The molecule has 1 atom stereocenters. The van der Waals surface area contributed by atoms with E-state index in [9.17, 15) is 19.0 Å². The average Bonchev–Trinajstić information content (AvgIpc) is 3.53. The number of halogens is 1. The molecule has 2 aliphatic heterocycles. The first-order valence-electron chi connectivity index (χ1n) is 15.4. The van der Waals surface area contributed by atoms with Crippen LogP contribution in [0, 0.1) is 17.1 Å². The molecule has 3 heterocycles. The molecule has 12 nitrogen and oxygen atoms in total. The summed E-state index contributed by atoms with van der Waals surface area (Å²) in [6, 6.07) is 15.7. The van der Waals surface area contributed by atoms with Gasteiger partial charge in [-0.25, -0.2) is 13.6 Å². The monoisotopic (exact) mass is 654 g/mol. The molecule has 14 heteroatoms. The minimum absolute atomic E-state index is 0.0541. The standard InChI is InChI=1S/C32H40FN6O6P/c1-42-46(41,43-2)45-18-4-17-44-28-12-15-37(16-13-28)26-8-10-27(11-9-26)39-31(23-6-7-24(21-34)29(33)19-23)20-30(36-39)32(40)38-14-3-5-25(35)22-38/h6-11,19-20,25,28H,3-5,12-18,22,35H2,1-2H3/t25-/m1/s1. The van der Waals surface area contributed by atoms with Crippen LogP contribution >= 0.6 is 7.82 Å². The Morgan fingerprint density at radius 1 is 1.04 bits per heavy atom. The summed E-state index contributed by atoms with van der Waals surface area (Å²) >= 11 is 0. The number of carbonyl (C=O) groups is 1. The number of nitrogens with two attached hydrogens (primary N) is 1. The Morgan fingerprint density at radius 3 is 2.41 bits per heavy atom. The smallest absolute Gasteiger partial charge is 0.378 e. The number of aromatic nitrogens is 2. The van der Waals surface area contributed by atoms with Crippen LogP contribution in [-0.2, 0) is 22.9 Å². The van der Waals surface area contributed by atoms with Crippen molar-refractivity contribution in [2.75, 3.05) is 58.5 Å². The summed E-state index contributed by atoms with van der Waals surface area (Å²) < 4.78 is 48.9. The summed E-state index contributed by atoms with van der Waals surface area (Å²) in [5.74, 6) is -0.856. The van der Waals surface area contributed by atoms with Gasteiger partial charge in [-0.1, -0.05) is 6.07 Å². The number of hydrogen-bond acceptors (Lipinski definition) is 10. The molecule has 2 saturated heterocycles. The molecule has 5 rings (SSSR count).